The molecule has 1 saturated heterocycles. The average Bonchev–Trinajstić information content (AvgIpc) is 2.85. The molecule has 3 heteroatoms. The number of nitrogens with zero attached hydrogens (tertiary/aromatic N) is 1. The summed E-state index contributed by atoms with van der Waals surface area (Å²) >= 11 is 0. The molecular formula is C14H21FN2. The molecule has 94 valence electrons. The standard InChI is InChI=1S/C14H21FN2/c1-12(17-8-4-5-9-17)10-16-11-13-6-2-3-7-14(13)15/h2-3,6-7,12,16H,4-5,8-11H2,1H3. The maximum atomic E-state index is 13.4. The number of hydrogen-bond donors (Lipinski definition) is 1. The van der Waals surface area contributed by atoms with Gasteiger partial charge in [-0.15, -0.1) is 0 Å². The number of likely N-dealkylation sites (tertiary alicyclic amines) is 1. The van der Waals surface area contributed by atoms with E-state index >= 15 is 0 Å². The Kier molecular flexibility index (Phi) is 4.51. The predicted octanol–water partition coefficient (Wildman–Crippen LogP) is 2.40. The zero-order valence-electron chi connectivity index (χ0n) is 10.5. The van der Waals surface area contributed by atoms with Crippen molar-refractivity contribution in [2.75, 3.05) is 19.6 Å². The predicted molar refractivity (Wildman–Crippen MR) is 68.4 cm³/mol. The van der Waals surface area contributed by atoms with Crippen LogP contribution in [0.25, 0.3) is 0 Å². The molecule has 1 fully saturated rings. The first-order valence-corrected chi connectivity index (χ1v) is 6.45. The fourth-order valence-corrected chi connectivity index (χ4v) is 2.37. The van der Waals surface area contributed by atoms with Crippen molar-refractivity contribution in [1.82, 2.24) is 10.2 Å². The third-order valence-electron chi connectivity index (χ3n) is 3.48. The van der Waals surface area contributed by atoms with Crippen LogP contribution in [0.3, 0.4) is 0 Å². The Balaban J connectivity index is 1.74. The van der Waals surface area contributed by atoms with Crippen molar-refractivity contribution in [3.8, 4) is 0 Å². The van der Waals surface area contributed by atoms with Crippen LogP contribution in [0.15, 0.2) is 24.3 Å². The first kappa shape index (κ1) is 12.5. The third-order valence-corrected chi connectivity index (χ3v) is 3.48. The van der Waals surface area contributed by atoms with Crippen molar-refractivity contribution < 1.29 is 4.39 Å². The molecule has 0 amide bonds. The van der Waals surface area contributed by atoms with Gasteiger partial charge in [0.25, 0.3) is 0 Å². The average molecular weight is 236 g/mol. The van der Waals surface area contributed by atoms with Gasteiger partial charge in [0.15, 0.2) is 0 Å². The summed E-state index contributed by atoms with van der Waals surface area (Å²) in [4.78, 5) is 2.49. The number of rotatable bonds is 5. The first-order valence-electron chi connectivity index (χ1n) is 6.45. The second-order valence-corrected chi connectivity index (χ2v) is 4.81. The van der Waals surface area contributed by atoms with Gasteiger partial charge in [-0.1, -0.05) is 18.2 Å². The molecule has 0 radical (unpaired) electrons. The zero-order valence-corrected chi connectivity index (χ0v) is 10.5. The highest BCUT2D eigenvalue weighted by Crippen LogP contribution is 2.11. The van der Waals surface area contributed by atoms with Gasteiger partial charge in [0, 0.05) is 24.7 Å². The molecule has 0 aromatic heterocycles. The highest BCUT2D eigenvalue weighted by molar-refractivity contribution is 5.16. The maximum Gasteiger partial charge on any atom is 0.127 e. The molecular weight excluding hydrogens is 215 g/mol. The lowest BCUT2D eigenvalue weighted by atomic mass is 10.2. The van der Waals surface area contributed by atoms with E-state index in [4.69, 9.17) is 0 Å². The molecule has 0 aliphatic carbocycles. The van der Waals surface area contributed by atoms with E-state index in [9.17, 15) is 4.39 Å². The molecule has 0 spiro atoms. The minimum Gasteiger partial charge on any atom is -0.311 e. The van der Waals surface area contributed by atoms with Gasteiger partial charge < -0.3 is 5.32 Å². The summed E-state index contributed by atoms with van der Waals surface area (Å²) in [7, 11) is 0. The molecule has 1 aromatic carbocycles. The van der Waals surface area contributed by atoms with Crippen molar-refractivity contribution in [1.29, 1.82) is 0 Å². The molecule has 2 rings (SSSR count). The quantitative estimate of drug-likeness (QED) is 0.844. The van der Waals surface area contributed by atoms with Crippen LogP contribution >= 0.6 is 0 Å². The fraction of sp³-hybridized carbons (Fsp3) is 0.571. The molecule has 0 bridgehead atoms. The molecule has 1 heterocycles. The minimum absolute atomic E-state index is 0.117. The summed E-state index contributed by atoms with van der Waals surface area (Å²) in [5.41, 5.74) is 0.751. The van der Waals surface area contributed by atoms with Crippen LogP contribution < -0.4 is 5.32 Å². The second-order valence-electron chi connectivity index (χ2n) is 4.81. The summed E-state index contributed by atoms with van der Waals surface area (Å²) in [6.45, 7) is 6.20. The number of halogens is 1. The fourth-order valence-electron chi connectivity index (χ4n) is 2.37. The summed E-state index contributed by atoms with van der Waals surface area (Å²) in [5.74, 6) is -0.117. The largest absolute Gasteiger partial charge is 0.311 e. The molecule has 1 aliphatic heterocycles. The van der Waals surface area contributed by atoms with Crippen LogP contribution in [-0.4, -0.2) is 30.6 Å². The molecule has 17 heavy (non-hydrogen) atoms. The normalized spacial score (nSPS) is 18.5. The summed E-state index contributed by atoms with van der Waals surface area (Å²) in [5, 5.41) is 3.34. The lowest BCUT2D eigenvalue weighted by molar-refractivity contribution is 0.251. The van der Waals surface area contributed by atoms with Crippen LogP contribution in [0.5, 0.6) is 0 Å². The van der Waals surface area contributed by atoms with E-state index in [1.165, 1.54) is 32.0 Å². The van der Waals surface area contributed by atoms with E-state index in [2.05, 4.69) is 17.1 Å². The van der Waals surface area contributed by atoms with Gasteiger partial charge in [0.05, 0.1) is 0 Å². The van der Waals surface area contributed by atoms with Crippen molar-refractivity contribution in [3.05, 3.63) is 35.6 Å². The summed E-state index contributed by atoms with van der Waals surface area (Å²) in [6, 6.07) is 7.50. The Hall–Kier alpha value is -0.930. The summed E-state index contributed by atoms with van der Waals surface area (Å²) in [6.07, 6.45) is 2.63. The Morgan fingerprint density at radius 2 is 2.00 bits per heavy atom. The molecule has 1 unspecified atom stereocenters. The van der Waals surface area contributed by atoms with Gasteiger partial charge >= 0.3 is 0 Å². The summed E-state index contributed by atoms with van der Waals surface area (Å²) < 4.78 is 13.4. The number of benzene rings is 1. The van der Waals surface area contributed by atoms with Crippen LogP contribution in [-0.2, 0) is 6.54 Å². The van der Waals surface area contributed by atoms with Crippen molar-refractivity contribution in [2.45, 2.75) is 32.4 Å². The van der Waals surface area contributed by atoms with Crippen LogP contribution in [0.1, 0.15) is 25.3 Å². The van der Waals surface area contributed by atoms with E-state index in [0.29, 0.717) is 12.6 Å². The molecule has 1 N–H and O–H groups in total. The Labute approximate surface area is 103 Å². The van der Waals surface area contributed by atoms with Gasteiger partial charge in [-0.3, -0.25) is 4.90 Å². The van der Waals surface area contributed by atoms with E-state index < -0.39 is 0 Å². The molecule has 0 saturated carbocycles. The Bertz CT molecular complexity index is 348. The second kappa shape index (κ2) is 6.12. The lowest BCUT2D eigenvalue weighted by Crippen LogP contribution is -2.38. The topological polar surface area (TPSA) is 15.3 Å². The van der Waals surface area contributed by atoms with E-state index in [1.54, 1.807) is 6.07 Å². The van der Waals surface area contributed by atoms with E-state index in [1.807, 2.05) is 12.1 Å². The van der Waals surface area contributed by atoms with Crippen LogP contribution in [0.4, 0.5) is 4.39 Å². The highest BCUT2D eigenvalue weighted by Gasteiger charge is 2.17. The van der Waals surface area contributed by atoms with Crippen molar-refractivity contribution in [2.24, 2.45) is 0 Å². The highest BCUT2D eigenvalue weighted by atomic mass is 19.1. The number of nitrogens with one attached hydrogen (secondary N) is 1. The Morgan fingerprint density at radius 3 is 2.71 bits per heavy atom. The molecule has 1 atom stereocenters. The first-order chi connectivity index (χ1) is 8.27. The van der Waals surface area contributed by atoms with Crippen molar-refractivity contribution in [3.63, 3.8) is 0 Å². The van der Waals surface area contributed by atoms with Gasteiger partial charge in [-0.2, -0.15) is 0 Å². The molecule has 2 nitrogen and oxygen atoms in total. The minimum atomic E-state index is -0.117. The van der Waals surface area contributed by atoms with Crippen LogP contribution in [0.2, 0.25) is 0 Å². The van der Waals surface area contributed by atoms with Crippen molar-refractivity contribution >= 4 is 0 Å². The van der Waals surface area contributed by atoms with E-state index in [0.717, 1.165) is 12.1 Å². The van der Waals surface area contributed by atoms with Gasteiger partial charge in [0.2, 0.25) is 0 Å². The number of hydrogen-bond acceptors (Lipinski definition) is 2. The van der Waals surface area contributed by atoms with Crippen LogP contribution in [0, 0.1) is 5.82 Å². The molecule has 1 aliphatic rings. The lowest BCUT2D eigenvalue weighted by Gasteiger charge is -2.24. The smallest absolute Gasteiger partial charge is 0.127 e. The molecule has 1 aromatic rings. The van der Waals surface area contributed by atoms with E-state index in [-0.39, 0.29) is 5.82 Å². The SMILES string of the molecule is CC(CNCc1ccccc1F)N1CCCC1. The van der Waals surface area contributed by atoms with Gasteiger partial charge in [0.1, 0.15) is 5.82 Å². The zero-order chi connectivity index (χ0) is 12.1. The monoisotopic (exact) mass is 236 g/mol. The Morgan fingerprint density at radius 1 is 1.29 bits per heavy atom. The maximum absolute atomic E-state index is 13.4. The van der Waals surface area contributed by atoms with Gasteiger partial charge in [-0.05, 0) is 38.9 Å². The third kappa shape index (κ3) is 3.51. The van der Waals surface area contributed by atoms with Gasteiger partial charge in [-0.25, -0.2) is 4.39 Å².